The van der Waals surface area contributed by atoms with Crippen molar-refractivity contribution in [3.63, 3.8) is 0 Å². The first kappa shape index (κ1) is 57.5. The van der Waals surface area contributed by atoms with Crippen LogP contribution in [0, 0.1) is 48.5 Å². The average Bonchev–Trinajstić information content (AvgIpc) is 0.735. The molecule has 0 saturated carbocycles. The van der Waals surface area contributed by atoms with Crippen molar-refractivity contribution in [3.8, 4) is 0 Å². The third-order valence-corrected chi connectivity index (χ3v) is 19.3. The van der Waals surface area contributed by atoms with Crippen LogP contribution in [0.1, 0.15) is 62.9 Å². The average molecular weight is 1190 g/mol. The number of benzene rings is 14. The first-order valence-electron chi connectivity index (χ1n) is 32.4. The second-order valence-corrected chi connectivity index (χ2v) is 25.1. The fraction of sp³-hybridized carbons (Fsp3) is 0.114. The highest BCUT2D eigenvalue weighted by Gasteiger charge is 2.27. The molecule has 15 rings (SSSR count). The van der Waals surface area contributed by atoms with E-state index in [1.54, 1.807) is 0 Å². The fourth-order valence-corrected chi connectivity index (χ4v) is 14.1. The van der Waals surface area contributed by atoms with Gasteiger partial charge in [0.1, 0.15) is 0 Å². The standard InChI is InChI=1S/C88H74N4/c1-58-42-46-71(50-62(58)5)89(72-47-43-59(2)63(6)51-72)85-56-83-76-35-18-20-37-78(76)86(57-84(83)75-34-17-19-36-77(75)85)90(73-48-44-60(3)64(7)52-73)74-49-45-61(4)66(55-74)53-65-26-25-33-70(54-65)92(69-31-15-10-16-32-69)88-81-40-23-21-38-79(81)87(80-39-22-24-41-82(80)88)91(67-27-11-8-12-28-67)68-29-13-9-14-30-68/h8-17,19,21-52,54-57H,18,20,53H2,1-7H3. The summed E-state index contributed by atoms with van der Waals surface area (Å²) >= 11 is 0. The van der Waals surface area contributed by atoms with E-state index in [-0.39, 0.29) is 0 Å². The number of hydrogen-bond acceptors (Lipinski definition) is 4. The van der Waals surface area contributed by atoms with Crippen molar-refractivity contribution in [2.24, 2.45) is 0 Å². The molecule has 1 aliphatic rings. The molecule has 0 radical (unpaired) electrons. The number of fused-ring (bicyclic) bond motifs is 7. The van der Waals surface area contributed by atoms with Gasteiger partial charge in [-0.25, -0.2) is 0 Å². The van der Waals surface area contributed by atoms with Gasteiger partial charge in [-0.15, -0.1) is 0 Å². The molecule has 0 fully saturated rings. The minimum absolute atomic E-state index is 0.737. The number of para-hydroxylation sites is 3. The zero-order valence-corrected chi connectivity index (χ0v) is 53.5. The molecule has 0 aromatic heterocycles. The van der Waals surface area contributed by atoms with E-state index in [0.29, 0.717) is 0 Å². The van der Waals surface area contributed by atoms with Crippen molar-refractivity contribution in [3.05, 3.63) is 333 Å². The molecule has 14 aromatic rings. The summed E-state index contributed by atoms with van der Waals surface area (Å²) in [6.07, 6.45) is 7.68. The highest BCUT2D eigenvalue weighted by molar-refractivity contribution is 6.23. The summed E-state index contributed by atoms with van der Waals surface area (Å²) in [5.74, 6) is 0. The van der Waals surface area contributed by atoms with Gasteiger partial charge in [0.25, 0.3) is 0 Å². The van der Waals surface area contributed by atoms with E-state index in [1.807, 2.05) is 0 Å². The maximum Gasteiger partial charge on any atom is 0.0619 e. The van der Waals surface area contributed by atoms with E-state index in [1.165, 1.54) is 104 Å². The third kappa shape index (κ3) is 10.4. The first-order chi connectivity index (χ1) is 45.0. The van der Waals surface area contributed by atoms with E-state index in [0.717, 1.165) is 86.9 Å². The summed E-state index contributed by atoms with van der Waals surface area (Å²) in [5, 5.41) is 12.2. The van der Waals surface area contributed by atoms with Crippen LogP contribution in [0.2, 0.25) is 0 Å². The van der Waals surface area contributed by atoms with Crippen LogP contribution in [0.15, 0.2) is 273 Å². The van der Waals surface area contributed by atoms with Crippen molar-refractivity contribution in [2.45, 2.75) is 67.7 Å². The molecule has 1 aliphatic carbocycles. The lowest BCUT2D eigenvalue weighted by Gasteiger charge is -2.33. The maximum atomic E-state index is 2.55. The normalized spacial score (nSPS) is 12.0. The second-order valence-electron chi connectivity index (χ2n) is 25.1. The van der Waals surface area contributed by atoms with Gasteiger partial charge in [0.05, 0.1) is 22.7 Å². The first-order valence-corrected chi connectivity index (χ1v) is 32.4. The van der Waals surface area contributed by atoms with Crippen LogP contribution in [-0.4, -0.2) is 0 Å². The van der Waals surface area contributed by atoms with Crippen LogP contribution in [0.4, 0.5) is 68.2 Å². The Balaban J connectivity index is 0.882. The zero-order chi connectivity index (χ0) is 62.6. The van der Waals surface area contributed by atoms with Gasteiger partial charge in [-0.3, -0.25) is 0 Å². The molecular formula is C88H74N4. The Hall–Kier alpha value is -10.9. The molecule has 0 bridgehead atoms. The monoisotopic (exact) mass is 1190 g/mol. The molecule has 0 unspecified atom stereocenters. The Labute approximate surface area is 541 Å². The van der Waals surface area contributed by atoms with Crippen molar-refractivity contribution < 1.29 is 0 Å². The van der Waals surface area contributed by atoms with Crippen LogP contribution in [-0.2, 0) is 6.42 Å². The van der Waals surface area contributed by atoms with Gasteiger partial charge in [0.2, 0.25) is 0 Å². The van der Waals surface area contributed by atoms with E-state index < -0.39 is 0 Å². The summed E-state index contributed by atoms with van der Waals surface area (Å²) in [5.41, 5.74) is 25.0. The molecule has 4 heteroatoms. The molecule has 0 spiro atoms. The number of nitrogens with zero attached hydrogens (tertiary/aromatic N) is 4. The largest absolute Gasteiger partial charge is 0.310 e. The van der Waals surface area contributed by atoms with Crippen molar-refractivity contribution in [1.29, 1.82) is 0 Å². The van der Waals surface area contributed by atoms with E-state index >= 15 is 0 Å². The highest BCUT2D eigenvalue weighted by atomic mass is 15.2. The predicted octanol–water partition coefficient (Wildman–Crippen LogP) is 23.3. The minimum Gasteiger partial charge on any atom is -0.310 e. The molecule has 0 saturated heterocycles. The van der Waals surface area contributed by atoms with Gasteiger partial charge in [-0.2, -0.15) is 0 Å². The van der Waals surface area contributed by atoms with Crippen molar-refractivity contribution in [1.82, 2.24) is 0 Å². The lowest BCUT2D eigenvalue weighted by atomic mass is 9.92. The quantitative estimate of drug-likeness (QED) is 0.0611. The Bertz CT molecular complexity index is 5150. The molecule has 0 aliphatic heterocycles. The van der Waals surface area contributed by atoms with Crippen LogP contribution >= 0.6 is 0 Å². The number of anilines is 12. The molecule has 4 nitrogen and oxygen atoms in total. The Morgan fingerprint density at radius 3 is 1.09 bits per heavy atom. The summed E-state index contributed by atoms with van der Waals surface area (Å²) in [6, 6.07) is 102. The van der Waals surface area contributed by atoms with Crippen molar-refractivity contribution in [2.75, 3.05) is 19.6 Å². The Kier molecular flexibility index (Phi) is 15.1. The SMILES string of the molecule is Cc1ccc(N(c2ccc(C)c(Cc3cccc(N(c4ccccc4)c4c5ccccc5c(N(c5ccccc5)c5ccccc5)c5ccccc45)c3)c2)c2cc3c(cc(N(c4ccc(C)c(C)c4)c4ccc(C)c(C)c4)c4ccccc43)c3c2=CCCC=3)cc1C. The maximum absolute atomic E-state index is 2.55. The third-order valence-electron chi connectivity index (χ3n) is 19.3. The Morgan fingerprint density at radius 1 is 0.239 bits per heavy atom. The summed E-state index contributed by atoms with van der Waals surface area (Å²) in [7, 11) is 0. The predicted molar refractivity (Wildman–Crippen MR) is 395 cm³/mol. The molecular weight excluding hydrogens is 1110 g/mol. The molecule has 14 aromatic carbocycles. The number of hydrogen-bond donors (Lipinski definition) is 0. The lowest BCUT2D eigenvalue weighted by molar-refractivity contribution is 1.11. The molecule has 92 heavy (non-hydrogen) atoms. The molecule has 0 amide bonds. The van der Waals surface area contributed by atoms with Crippen LogP contribution in [0.25, 0.3) is 55.2 Å². The van der Waals surface area contributed by atoms with E-state index in [4.69, 9.17) is 0 Å². The smallest absolute Gasteiger partial charge is 0.0619 e. The fourth-order valence-electron chi connectivity index (χ4n) is 14.1. The van der Waals surface area contributed by atoms with Gasteiger partial charge >= 0.3 is 0 Å². The summed E-state index contributed by atoms with van der Waals surface area (Å²) in [4.78, 5) is 9.96. The minimum atomic E-state index is 0.737. The molecule has 0 N–H and O–H groups in total. The summed E-state index contributed by atoms with van der Waals surface area (Å²) < 4.78 is 0. The van der Waals surface area contributed by atoms with Crippen molar-refractivity contribution >= 4 is 123 Å². The highest BCUT2D eigenvalue weighted by Crippen LogP contribution is 2.52. The van der Waals surface area contributed by atoms with Gasteiger partial charge < -0.3 is 19.6 Å². The van der Waals surface area contributed by atoms with E-state index in [9.17, 15) is 0 Å². The second kappa shape index (κ2) is 24.1. The van der Waals surface area contributed by atoms with Crippen LogP contribution in [0.3, 0.4) is 0 Å². The molecule has 0 heterocycles. The molecule has 0 atom stereocenters. The molecule has 446 valence electrons. The zero-order valence-electron chi connectivity index (χ0n) is 53.5. The number of aryl methyl sites for hydroxylation is 7. The van der Waals surface area contributed by atoms with Gasteiger partial charge in [0.15, 0.2) is 0 Å². The van der Waals surface area contributed by atoms with E-state index in [2.05, 4.69) is 353 Å². The Morgan fingerprint density at radius 2 is 0.609 bits per heavy atom. The summed E-state index contributed by atoms with van der Waals surface area (Å²) in [6.45, 7) is 15.6. The van der Waals surface area contributed by atoms with Crippen LogP contribution in [0.5, 0.6) is 0 Å². The van der Waals surface area contributed by atoms with Crippen LogP contribution < -0.4 is 30.0 Å². The lowest BCUT2D eigenvalue weighted by Crippen LogP contribution is -2.33. The van der Waals surface area contributed by atoms with Gasteiger partial charge in [-0.1, -0.05) is 176 Å². The number of rotatable bonds is 14. The topological polar surface area (TPSA) is 13.0 Å². The van der Waals surface area contributed by atoms with Gasteiger partial charge in [-0.05, 0) is 248 Å². The van der Waals surface area contributed by atoms with Gasteiger partial charge in [0, 0.05) is 77.6 Å².